The number of halogens is 1. The molecule has 1 heterocycles. The monoisotopic (exact) mass is 462 g/mol. The van der Waals surface area contributed by atoms with Gasteiger partial charge in [0.2, 0.25) is 11.8 Å². The average molecular weight is 463 g/mol. The summed E-state index contributed by atoms with van der Waals surface area (Å²) in [6.45, 7) is 7.29. The van der Waals surface area contributed by atoms with Crippen LogP contribution in [0.5, 0.6) is 0 Å². The Morgan fingerprint density at radius 3 is 2.53 bits per heavy atom. The minimum Gasteiger partial charge on any atom is -0.466 e. The number of aliphatic hydroxyl groups excluding tert-OH is 1. The van der Waals surface area contributed by atoms with Crippen molar-refractivity contribution in [2.75, 3.05) is 18.5 Å². The zero-order valence-electron chi connectivity index (χ0n) is 18.8. The van der Waals surface area contributed by atoms with Crippen LogP contribution in [-0.4, -0.2) is 53.1 Å². The zero-order chi connectivity index (χ0) is 23.6. The van der Waals surface area contributed by atoms with E-state index in [2.05, 4.69) is 5.32 Å². The van der Waals surface area contributed by atoms with Crippen LogP contribution < -0.4 is 5.32 Å². The van der Waals surface area contributed by atoms with Gasteiger partial charge in [-0.1, -0.05) is 56.7 Å². The number of carbonyl (C=O) groups excluding carboxylic acids is 3. The highest BCUT2D eigenvalue weighted by Gasteiger charge is 2.58. The van der Waals surface area contributed by atoms with E-state index in [0.29, 0.717) is 10.7 Å². The molecule has 2 N–H and O–H groups in total. The smallest absolute Gasteiger partial charge is 0.310 e. The summed E-state index contributed by atoms with van der Waals surface area (Å²) in [5, 5.41) is 13.3. The van der Waals surface area contributed by atoms with E-state index < -0.39 is 41.7 Å². The van der Waals surface area contributed by atoms with Gasteiger partial charge in [0.05, 0.1) is 41.8 Å². The molecule has 1 aromatic rings. The van der Waals surface area contributed by atoms with Crippen molar-refractivity contribution in [3.8, 4) is 0 Å². The van der Waals surface area contributed by atoms with Gasteiger partial charge < -0.3 is 20.1 Å². The fraction of sp³-hybridized carbons (Fsp3) is 0.542. The van der Waals surface area contributed by atoms with Crippen LogP contribution >= 0.6 is 11.6 Å². The van der Waals surface area contributed by atoms with E-state index in [9.17, 15) is 19.5 Å². The summed E-state index contributed by atoms with van der Waals surface area (Å²) in [5.74, 6) is -3.40. The van der Waals surface area contributed by atoms with E-state index in [1.165, 1.54) is 4.90 Å². The van der Waals surface area contributed by atoms with E-state index >= 15 is 0 Å². The van der Waals surface area contributed by atoms with Gasteiger partial charge in [-0.2, -0.15) is 0 Å². The van der Waals surface area contributed by atoms with Crippen LogP contribution in [0.3, 0.4) is 0 Å². The Morgan fingerprint density at radius 2 is 1.94 bits per heavy atom. The quantitative estimate of drug-likeness (QED) is 0.479. The van der Waals surface area contributed by atoms with Crippen LogP contribution in [0.2, 0.25) is 5.02 Å². The number of likely N-dealkylation sites (tertiary alicyclic amines) is 1. The molecule has 3 rings (SSSR count). The number of esters is 1. The van der Waals surface area contributed by atoms with Crippen molar-refractivity contribution in [2.45, 2.75) is 39.8 Å². The lowest BCUT2D eigenvalue weighted by Crippen LogP contribution is -2.52. The molecule has 0 unspecified atom stereocenters. The number of ether oxygens (including phenoxy) is 1. The lowest BCUT2D eigenvalue weighted by Gasteiger charge is -2.35. The van der Waals surface area contributed by atoms with Gasteiger partial charge in [-0.25, -0.2) is 0 Å². The first-order valence-corrected chi connectivity index (χ1v) is 11.4. The number of amides is 2. The molecule has 0 saturated carbocycles. The molecule has 7 nitrogen and oxygen atoms in total. The van der Waals surface area contributed by atoms with Crippen LogP contribution in [0, 0.1) is 29.6 Å². The Kier molecular flexibility index (Phi) is 7.62. The number of anilines is 1. The molecule has 0 spiro atoms. The predicted molar refractivity (Wildman–Crippen MR) is 122 cm³/mol. The molecule has 2 amide bonds. The summed E-state index contributed by atoms with van der Waals surface area (Å²) in [4.78, 5) is 41.5. The molecule has 174 valence electrons. The summed E-state index contributed by atoms with van der Waals surface area (Å²) >= 11 is 6.23. The first kappa shape index (κ1) is 24.3. The number of nitrogens with zero attached hydrogens (tertiary/aromatic N) is 1. The predicted octanol–water partition coefficient (Wildman–Crippen LogP) is 3.12. The number of nitrogens with one attached hydrogen (secondary N) is 1. The van der Waals surface area contributed by atoms with Gasteiger partial charge in [-0.05, 0) is 30.9 Å². The lowest BCUT2D eigenvalue weighted by molar-refractivity contribution is -0.156. The second kappa shape index (κ2) is 10.0. The Balaban J connectivity index is 2.04. The highest BCUT2D eigenvalue weighted by Crippen LogP contribution is 2.46. The summed E-state index contributed by atoms with van der Waals surface area (Å²) < 4.78 is 5.27. The number of benzene rings is 1. The molecule has 2 aliphatic rings. The molecule has 6 atom stereocenters. The second-order valence-electron chi connectivity index (χ2n) is 8.78. The summed E-state index contributed by atoms with van der Waals surface area (Å²) in [7, 11) is 0. The number of hydrogen-bond donors (Lipinski definition) is 2. The number of carbonyl (C=O) groups is 3. The minimum atomic E-state index is -0.885. The van der Waals surface area contributed by atoms with Gasteiger partial charge in [0, 0.05) is 5.92 Å². The summed E-state index contributed by atoms with van der Waals surface area (Å²) in [5.41, 5.74) is 0.440. The maximum Gasteiger partial charge on any atom is 0.310 e. The Labute approximate surface area is 193 Å². The van der Waals surface area contributed by atoms with Crippen LogP contribution in [0.1, 0.15) is 27.7 Å². The Bertz CT molecular complexity index is 902. The average Bonchev–Trinajstić information content (AvgIpc) is 3.02. The molecule has 0 radical (unpaired) electrons. The lowest BCUT2D eigenvalue weighted by atomic mass is 9.70. The standard InChI is InChI=1S/C24H31ClN2O5/c1-5-32-24(31)19-14(4)10-11-15-20(19)23(30)27(18(12-28)13(2)3)21(15)22(29)26-17-9-7-6-8-16(17)25/h6-11,13-15,18-21,28H,5,12H2,1-4H3,(H,26,29)/t14-,15+,18+,19-,20-,21+/m1/s1. The third kappa shape index (κ3) is 4.41. The topological polar surface area (TPSA) is 95.9 Å². The normalized spacial score (nSPS) is 27.9. The van der Waals surface area contributed by atoms with Crippen molar-refractivity contribution in [1.29, 1.82) is 0 Å². The minimum absolute atomic E-state index is 0.0952. The fourth-order valence-corrected chi connectivity index (χ4v) is 5.07. The molecule has 1 saturated heterocycles. The summed E-state index contributed by atoms with van der Waals surface area (Å²) in [6.07, 6.45) is 3.73. The van der Waals surface area contributed by atoms with Gasteiger partial charge >= 0.3 is 5.97 Å². The SMILES string of the molecule is CCOC(=O)[C@H]1[C@@H]2C(=O)N([C@@H](CO)C(C)C)[C@H](C(=O)Nc3ccccc3Cl)[C@H]2C=C[C@H]1C. The van der Waals surface area contributed by atoms with Gasteiger partial charge in [-0.15, -0.1) is 0 Å². The van der Waals surface area contributed by atoms with Crippen molar-refractivity contribution < 1.29 is 24.2 Å². The summed E-state index contributed by atoms with van der Waals surface area (Å²) in [6, 6.07) is 5.41. The van der Waals surface area contributed by atoms with E-state index in [0.717, 1.165) is 0 Å². The van der Waals surface area contributed by atoms with Crippen molar-refractivity contribution in [3.05, 3.63) is 41.4 Å². The number of fused-ring (bicyclic) bond motifs is 1. The molecule has 1 fully saturated rings. The van der Waals surface area contributed by atoms with Crippen molar-refractivity contribution in [2.24, 2.45) is 29.6 Å². The van der Waals surface area contributed by atoms with E-state index in [4.69, 9.17) is 16.3 Å². The van der Waals surface area contributed by atoms with Crippen LogP contribution in [0.4, 0.5) is 5.69 Å². The van der Waals surface area contributed by atoms with Crippen LogP contribution in [-0.2, 0) is 19.1 Å². The second-order valence-corrected chi connectivity index (χ2v) is 9.19. The van der Waals surface area contributed by atoms with Crippen LogP contribution in [0.25, 0.3) is 0 Å². The third-order valence-electron chi connectivity index (χ3n) is 6.48. The van der Waals surface area contributed by atoms with E-state index in [-0.39, 0.29) is 31.0 Å². The van der Waals surface area contributed by atoms with Crippen LogP contribution in [0.15, 0.2) is 36.4 Å². The molecule has 0 aromatic heterocycles. The van der Waals surface area contributed by atoms with Gasteiger partial charge in [0.1, 0.15) is 6.04 Å². The van der Waals surface area contributed by atoms with Gasteiger partial charge in [0.25, 0.3) is 0 Å². The fourth-order valence-electron chi connectivity index (χ4n) is 4.88. The Hall–Kier alpha value is -2.38. The molecule has 1 aromatic carbocycles. The van der Waals surface area contributed by atoms with E-state index in [1.54, 1.807) is 31.2 Å². The molecule has 32 heavy (non-hydrogen) atoms. The maximum atomic E-state index is 13.7. The molecule has 1 aliphatic heterocycles. The van der Waals surface area contributed by atoms with Gasteiger partial charge in [0.15, 0.2) is 0 Å². The molecular weight excluding hydrogens is 432 g/mol. The number of para-hydroxylation sites is 1. The Morgan fingerprint density at radius 1 is 1.25 bits per heavy atom. The van der Waals surface area contributed by atoms with Crippen molar-refractivity contribution >= 4 is 35.1 Å². The molecule has 0 bridgehead atoms. The van der Waals surface area contributed by atoms with E-state index in [1.807, 2.05) is 32.9 Å². The highest BCUT2D eigenvalue weighted by atomic mass is 35.5. The third-order valence-corrected chi connectivity index (χ3v) is 6.81. The van der Waals surface area contributed by atoms with Gasteiger partial charge in [-0.3, -0.25) is 14.4 Å². The molecular formula is C24H31ClN2O5. The number of allylic oxidation sites excluding steroid dienone is 1. The largest absolute Gasteiger partial charge is 0.466 e. The number of hydrogen-bond acceptors (Lipinski definition) is 5. The first-order chi connectivity index (χ1) is 15.2. The van der Waals surface area contributed by atoms with Crippen molar-refractivity contribution in [1.82, 2.24) is 4.90 Å². The number of aliphatic hydroxyl groups is 1. The molecule has 8 heteroatoms. The first-order valence-electron chi connectivity index (χ1n) is 11.1. The zero-order valence-corrected chi connectivity index (χ0v) is 19.6. The highest BCUT2D eigenvalue weighted by molar-refractivity contribution is 6.33. The van der Waals surface area contributed by atoms with Crippen molar-refractivity contribution in [3.63, 3.8) is 0 Å². The number of rotatable bonds is 7. The maximum absolute atomic E-state index is 13.7. The molecule has 1 aliphatic carbocycles.